The van der Waals surface area contributed by atoms with Crippen LogP contribution in [-0.4, -0.2) is 14.5 Å². The molecule has 0 N–H and O–H groups in total. The summed E-state index contributed by atoms with van der Waals surface area (Å²) in [6.45, 7) is 0. The molecule has 37 heavy (non-hydrogen) atoms. The second-order valence-electron chi connectivity index (χ2n) is 9.06. The van der Waals surface area contributed by atoms with Crippen molar-refractivity contribution in [1.29, 1.82) is 0 Å². The highest BCUT2D eigenvalue weighted by Crippen LogP contribution is 2.48. The molecule has 0 amide bonds. The Hall–Kier alpha value is -4.32. The van der Waals surface area contributed by atoms with E-state index in [1.165, 1.54) is 40.6 Å². The molecule has 0 atom stereocenters. The summed E-state index contributed by atoms with van der Waals surface area (Å²) in [6, 6.07) is 40.1. The van der Waals surface area contributed by atoms with Gasteiger partial charge in [0.15, 0.2) is 5.82 Å². The average Bonchev–Trinajstić information content (AvgIpc) is 3.61. The second-order valence-corrected chi connectivity index (χ2v) is 11.1. The van der Waals surface area contributed by atoms with Gasteiger partial charge in [-0.25, -0.2) is 9.97 Å². The summed E-state index contributed by atoms with van der Waals surface area (Å²) < 4.78 is 7.65. The van der Waals surface area contributed by atoms with Gasteiger partial charge in [0.25, 0.3) is 0 Å². The summed E-state index contributed by atoms with van der Waals surface area (Å²) in [7, 11) is 0. The van der Waals surface area contributed by atoms with Crippen LogP contribution in [0.15, 0.2) is 115 Å². The molecule has 5 heteroatoms. The van der Waals surface area contributed by atoms with E-state index >= 15 is 0 Å². The fraction of sp³-hybridized carbons (Fsp3) is 0. The van der Waals surface area contributed by atoms with Gasteiger partial charge in [0.2, 0.25) is 0 Å². The molecule has 174 valence electrons. The van der Waals surface area contributed by atoms with E-state index in [-0.39, 0.29) is 0 Å². The Labute approximate surface area is 220 Å². The van der Waals surface area contributed by atoms with E-state index in [2.05, 4.69) is 95.6 Å². The Morgan fingerprint density at radius 1 is 0.541 bits per heavy atom. The number of aromatic nitrogens is 3. The van der Waals surface area contributed by atoms with Gasteiger partial charge in [0.05, 0.1) is 30.8 Å². The van der Waals surface area contributed by atoms with Crippen molar-refractivity contribution in [1.82, 2.24) is 14.5 Å². The molecule has 0 radical (unpaired) electrons. The van der Waals surface area contributed by atoms with Crippen LogP contribution in [0.4, 0.5) is 0 Å². The van der Waals surface area contributed by atoms with Gasteiger partial charge in [-0.1, -0.05) is 97.1 Å². The van der Waals surface area contributed by atoms with Crippen LogP contribution in [0.3, 0.4) is 0 Å². The number of rotatable bonds is 3. The highest BCUT2D eigenvalue weighted by atomic mass is 32.1. The Balaban J connectivity index is 1.51. The van der Waals surface area contributed by atoms with Gasteiger partial charge < -0.3 is 0 Å². The molecule has 0 bridgehead atoms. The van der Waals surface area contributed by atoms with E-state index in [4.69, 9.17) is 9.97 Å². The van der Waals surface area contributed by atoms with Crippen molar-refractivity contribution in [2.24, 2.45) is 0 Å². The number of benzene rings is 4. The highest BCUT2D eigenvalue weighted by Gasteiger charge is 2.22. The molecular weight excluding hydrogens is 491 g/mol. The summed E-state index contributed by atoms with van der Waals surface area (Å²) in [5.41, 5.74) is 5.40. The summed E-state index contributed by atoms with van der Waals surface area (Å²) >= 11 is 3.76. The van der Waals surface area contributed by atoms with Gasteiger partial charge in [0, 0.05) is 32.7 Å². The zero-order valence-electron chi connectivity index (χ0n) is 19.6. The molecule has 4 aromatic carbocycles. The van der Waals surface area contributed by atoms with Crippen molar-refractivity contribution in [3.63, 3.8) is 0 Å². The van der Waals surface area contributed by atoms with Gasteiger partial charge in [-0.3, -0.25) is 4.57 Å². The third-order valence-electron chi connectivity index (χ3n) is 6.84. The van der Waals surface area contributed by atoms with Crippen molar-refractivity contribution in [2.45, 2.75) is 0 Å². The van der Waals surface area contributed by atoms with E-state index in [0.717, 1.165) is 28.5 Å². The summed E-state index contributed by atoms with van der Waals surface area (Å²) in [4.78, 5) is 10.2. The van der Waals surface area contributed by atoms with Crippen LogP contribution in [0, 0.1) is 0 Å². The van der Waals surface area contributed by atoms with Crippen LogP contribution in [0.25, 0.3) is 69.1 Å². The monoisotopic (exact) mass is 509 g/mol. The zero-order chi connectivity index (χ0) is 24.3. The number of thiophene rings is 2. The molecule has 8 aromatic rings. The minimum atomic E-state index is 0.727. The molecule has 0 aliphatic heterocycles. The molecule has 4 aromatic heterocycles. The third kappa shape index (κ3) is 3.18. The first-order valence-electron chi connectivity index (χ1n) is 12.2. The molecule has 0 aliphatic carbocycles. The van der Waals surface area contributed by atoms with Crippen LogP contribution in [0.5, 0.6) is 0 Å². The Bertz CT molecular complexity index is 2030. The van der Waals surface area contributed by atoms with Crippen molar-refractivity contribution < 1.29 is 0 Å². The predicted octanol–water partition coefficient (Wildman–Crippen LogP) is 9.34. The number of fused-ring (bicyclic) bond motifs is 7. The topological polar surface area (TPSA) is 30.7 Å². The van der Waals surface area contributed by atoms with Crippen molar-refractivity contribution >= 4 is 63.3 Å². The van der Waals surface area contributed by atoms with Crippen LogP contribution in [0.1, 0.15) is 0 Å². The van der Waals surface area contributed by atoms with Crippen LogP contribution < -0.4 is 0 Å². The van der Waals surface area contributed by atoms with Gasteiger partial charge in [-0.2, -0.15) is 0 Å². The van der Waals surface area contributed by atoms with E-state index in [9.17, 15) is 0 Å². The molecule has 0 saturated carbocycles. The van der Waals surface area contributed by atoms with Crippen molar-refractivity contribution in [3.05, 3.63) is 115 Å². The standard InChI is InChI=1S/C32H19N3S2/c1-3-11-20(12-4-1)24-19-27(34-32(33-24)21-13-5-2-6-14-21)35-25-17-9-7-15-22(25)29-28(35)31-30(37-29)23-16-8-10-18-26(23)36-31/h1-19H. The minimum Gasteiger partial charge on any atom is -0.291 e. The molecule has 0 fully saturated rings. The number of hydrogen-bond donors (Lipinski definition) is 0. The molecule has 0 aliphatic rings. The van der Waals surface area contributed by atoms with Crippen LogP contribution in [0.2, 0.25) is 0 Å². The maximum absolute atomic E-state index is 5.17. The summed E-state index contributed by atoms with van der Waals surface area (Å²) in [5, 5.41) is 2.59. The average molecular weight is 510 g/mol. The van der Waals surface area contributed by atoms with Gasteiger partial charge in [-0.05, 0) is 12.1 Å². The molecule has 0 spiro atoms. The lowest BCUT2D eigenvalue weighted by molar-refractivity contribution is 1.05. The fourth-order valence-electron chi connectivity index (χ4n) is 5.16. The second kappa shape index (κ2) is 8.10. The first-order valence-corrected chi connectivity index (χ1v) is 13.8. The molecule has 0 saturated heterocycles. The highest BCUT2D eigenvalue weighted by molar-refractivity contribution is 7.37. The number of para-hydroxylation sites is 1. The van der Waals surface area contributed by atoms with Crippen molar-refractivity contribution in [2.75, 3.05) is 0 Å². The van der Waals surface area contributed by atoms with Gasteiger partial charge in [0.1, 0.15) is 5.82 Å². The first kappa shape index (κ1) is 20.8. The molecule has 8 rings (SSSR count). The van der Waals surface area contributed by atoms with Gasteiger partial charge >= 0.3 is 0 Å². The lowest BCUT2D eigenvalue weighted by Gasteiger charge is -2.11. The smallest absolute Gasteiger partial charge is 0.162 e. The Kier molecular flexibility index (Phi) is 4.56. The summed E-state index contributed by atoms with van der Waals surface area (Å²) in [5.74, 6) is 1.61. The van der Waals surface area contributed by atoms with Crippen LogP contribution in [-0.2, 0) is 0 Å². The van der Waals surface area contributed by atoms with Gasteiger partial charge in [-0.15, -0.1) is 22.7 Å². The number of hydrogen-bond acceptors (Lipinski definition) is 4. The maximum Gasteiger partial charge on any atom is 0.162 e. The fourth-order valence-corrected chi connectivity index (χ4v) is 7.93. The normalized spacial score (nSPS) is 11.8. The largest absolute Gasteiger partial charge is 0.291 e. The van der Waals surface area contributed by atoms with E-state index in [0.29, 0.717) is 0 Å². The SMILES string of the molecule is c1ccc(-c2cc(-n3c4ccccc4c4sc5c6ccccc6sc5c43)nc(-c3ccccc3)n2)cc1. The van der Waals surface area contributed by atoms with E-state index < -0.39 is 0 Å². The minimum absolute atomic E-state index is 0.727. The quantitative estimate of drug-likeness (QED) is 0.237. The predicted molar refractivity (Wildman–Crippen MR) is 158 cm³/mol. The Morgan fingerprint density at radius 2 is 1.22 bits per heavy atom. The maximum atomic E-state index is 5.17. The van der Waals surface area contributed by atoms with E-state index in [1.54, 1.807) is 0 Å². The van der Waals surface area contributed by atoms with E-state index in [1.807, 2.05) is 46.9 Å². The molecule has 4 heterocycles. The Morgan fingerprint density at radius 3 is 2.03 bits per heavy atom. The number of nitrogens with zero attached hydrogens (tertiary/aromatic N) is 3. The molecular formula is C32H19N3S2. The summed E-state index contributed by atoms with van der Waals surface area (Å²) in [6.07, 6.45) is 0. The molecule has 0 unspecified atom stereocenters. The first-order chi connectivity index (χ1) is 18.3. The van der Waals surface area contributed by atoms with Crippen LogP contribution >= 0.6 is 22.7 Å². The molecule has 3 nitrogen and oxygen atoms in total. The lowest BCUT2D eigenvalue weighted by Crippen LogP contribution is -2.02. The zero-order valence-corrected chi connectivity index (χ0v) is 21.3. The third-order valence-corrected chi connectivity index (χ3v) is 9.39. The van der Waals surface area contributed by atoms with Crippen molar-refractivity contribution in [3.8, 4) is 28.5 Å². The lowest BCUT2D eigenvalue weighted by atomic mass is 10.1.